The molecule has 1 aromatic carbocycles. The number of piperazine rings is 1. The molecule has 0 radical (unpaired) electrons. The van der Waals surface area contributed by atoms with E-state index in [0.717, 1.165) is 65.1 Å². The van der Waals surface area contributed by atoms with Crippen LogP contribution in [0.5, 0.6) is 0 Å². The number of hydrogen-bond acceptors (Lipinski definition) is 5. The molecule has 1 amide bonds. The molecule has 9 heteroatoms. The van der Waals surface area contributed by atoms with Crippen molar-refractivity contribution < 1.29 is 9.53 Å². The van der Waals surface area contributed by atoms with Gasteiger partial charge in [-0.3, -0.25) is 9.89 Å². The zero-order valence-electron chi connectivity index (χ0n) is 19.2. The molecule has 0 aromatic heterocycles. The summed E-state index contributed by atoms with van der Waals surface area (Å²) in [5, 5.41) is 3.31. The Morgan fingerprint density at radius 3 is 2.41 bits per heavy atom. The molecule has 3 N–H and O–H groups in total. The molecule has 180 valence electrons. The lowest BCUT2D eigenvalue weighted by Gasteiger charge is -2.34. The first kappa shape index (κ1) is 26.7. The minimum atomic E-state index is -0.219. The maximum absolute atomic E-state index is 11.8. The van der Waals surface area contributed by atoms with Gasteiger partial charge >= 0.3 is 6.09 Å². The number of ether oxygens (including phenoxy) is 1. The van der Waals surface area contributed by atoms with E-state index >= 15 is 0 Å². The third-order valence-corrected chi connectivity index (χ3v) is 6.00. The van der Waals surface area contributed by atoms with Crippen molar-refractivity contribution in [2.45, 2.75) is 38.8 Å². The Labute approximate surface area is 209 Å². The first-order valence-corrected chi connectivity index (χ1v) is 11.6. The molecule has 2 saturated heterocycles. The lowest BCUT2D eigenvalue weighted by atomic mass is 10.1. The summed E-state index contributed by atoms with van der Waals surface area (Å²) in [6.45, 7) is 10.9. The number of likely N-dealkylation sites (tertiary alicyclic amines) is 1. The zero-order chi connectivity index (χ0) is 21.9. The highest BCUT2D eigenvalue weighted by molar-refractivity contribution is 14.0. The fourth-order valence-corrected chi connectivity index (χ4v) is 4.18. The number of carbonyl (C=O) groups is 1. The summed E-state index contributed by atoms with van der Waals surface area (Å²) in [6.07, 6.45) is 2.52. The second kappa shape index (κ2) is 14.5. The van der Waals surface area contributed by atoms with E-state index in [-0.39, 0.29) is 36.1 Å². The highest BCUT2D eigenvalue weighted by Crippen LogP contribution is 2.11. The summed E-state index contributed by atoms with van der Waals surface area (Å²) in [7, 11) is 0. The van der Waals surface area contributed by atoms with E-state index in [1.807, 2.05) is 6.92 Å². The molecule has 2 fully saturated rings. The number of nitrogens with two attached hydrogens (primary N) is 1. The monoisotopic (exact) mass is 558 g/mol. The molecule has 0 unspecified atom stereocenters. The van der Waals surface area contributed by atoms with Gasteiger partial charge in [0, 0.05) is 64.9 Å². The van der Waals surface area contributed by atoms with E-state index in [1.165, 1.54) is 5.56 Å². The van der Waals surface area contributed by atoms with Gasteiger partial charge in [-0.1, -0.05) is 30.3 Å². The number of nitrogens with zero attached hydrogens (tertiary/aromatic N) is 4. The number of hydrogen-bond donors (Lipinski definition) is 2. The van der Waals surface area contributed by atoms with E-state index in [4.69, 9.17) is 10.5 Å². The second-order valence-corrected chi connectivity index (χ2v) is 8.33. The Kier molecular flexibility index (Phi) is 12.1. The van der Waals surface area contributed by atoms with Crippen LogP contribution in [0.3, 0.4) is 0 Å². The summed E-state index contributed by atoms with van der Waals surface area (Å²) in [6, 6.07) is 11.0. The topological polar surface area (TPSA) is 86.4 Å². The Hall–Kier alpha value is -1.59. The normalized spacial score (nSPS) is 18.8. The summed E-state index contributed by atoms with van der Waals surface area (Å²) in [5.41, 5.74) is 7.46. The Morgan fingerprint density at radius 1 is 1.09 bits per heavy atom. The standard InChI is InChI=1S/C23H38N6O2.HI/c1-2-31-23(30)29-13-9-21(10-14-29)26-22(24)25-11-6-12-27-15-17-28(18-16-27)19-20-7-4-3-5-8-20;/h3-5,7-8,21H,2,6,9-19H2,1H3,(H3,24,25,26);1H. The van der Waals surface area contributed by atoms with Gasteiger partial charge in [0.1, 0.15) is 0 Å². The maximum atomic E-state index is 11.8. The number of guanidine groups is 1. The van der Waals surface area contributed by atoms with Gasteiger partial charge in [-0.2, -0.15) is 0 Å². The number of piperidine rings is 1. The molecule has 2 aliphatic heterocycles. The van der Waals surface area contributed by atoms with Crippen LogP contribution < -0.4 is 11.1 Å². The van der Waals surface area contributed by atoms with Crippen LogP contribution in [0.4, 0.5) is 4.79 Å². The highest BCUT2D eigenvalue weighted by atomic mass is 127. The van der Waals surface area contributed by atoms with Crippen molar-refractivity contribution >= 4 is 36.0 Å². The van der Waals surface area contributed by atoms with Gasteiger partial charge in [0.15, 0.2) is 5.96 Å². The predicted molar refractivity (Wildman–Crippen MR) is 139 cm³/mol. The number of nitrogens with one attached hydrogen (secondary N) is 1. The number of benzene rings is 1. The minimum Gasteiger partial charge on any atom is -0.450 e. The summed E-state index contributed by atoms with van der Waals surface area (Å²) >= 11 is 0. The Morgan fingerprint density at radius 2 is 1.75 bits per heavy atom. The maximum Gasteiger partial charge on any atom is 0.409 e. The van der Waals surface area contributed by atoms with E-state index in [2.05, 4.69) is 50.4 Å². The van der Waals surface area contributed by atoms with Crippen LogP contribution in [0.1, 0.15) is 31.7 Å². The van der Waals surface area contributed by atoms with Crippen molar-refractivity contribution in [3.8, 4) is 0 Å². The fourth-order valence-electron chi connectivity index (χ4n) is 4.18. The van der Waals surface area contributed by atoms with Gasteiger partial charge in [0.05, 0.1) is 6.61 Å². The number of amides is 1. The van der Waals surface area contributed by atoms with E-state index in [1.54, 1.807) is 4.90 Å². The van der Waals surface area contributed by atoms with Crippen molar-refractivity contribution in [3.63, 3.8) is 0 Å². The number of halogens is 1. The number of rotatable bonds is 8. The van der Waals surface area contributed by atoms with E-state index < -0.39 is 0 Å². The molecule has 1 aromatic rings. The largest absolute Gasteiger partial charge is 0.450 e. The average molecular weight is 559 g/mol. The average Bonchev–Trinajstić information content (AvgIpc) is 2.79. The molecule has 0 spiro atoms. The van der Waals surface area contributed by atoms with Gasteiger partial charge in [-0.15, -0.1) is 24.0 Å². The van der Waals surface area contributed by atoms with Crippen LogP contribution in [-0.2, 0) is 11.3 Å². The summed E-state index contributed by atoms with van der Waals surface area (Å²) in [5.74, 6) is 0.516. The van der Waals surface area contributed by atoms with Gasteiger partial charge in [-0.25, -0.2) is 4.79 Å². The molecule has 0 bridgehead atoms. The molecule has 3 rings (SSSR count). The third kappa shape index (κ3) is 9.11. The van der Waals surface area contributed by atoms with Gasteiger partial charge < -0.3 is 25.6 Å². The second-order valence-electron chi connectivity index (χ2n) is 8.33. The molecular weight excluding hydrogens is 519 g/mol. The number of aliphatic imine (C=N–C) groups is 1. The molecule has 0 aliphatic carbocycles. The van der Waals surface area contributed by atoms with Gasteiger partial charge in [0.2, 0.25) is 0 Å². The molecular formula is C23H39IN6O2. The smallest absolute Gasteiger partial charge is 0.409 e. The molecule has 2 aliphatic rings. The molecule has 8 nitrogen and oxygen atoms in total. The van der Waals surface area contributed by atoms with Crippen molar-refractivity contribution in [1.82, 2.24) is 20.0 Å². The van der Waals surface area contributed by atoms with Crippen LogP contribution in [0, 0.1) is 0 Å². The lowest BCUT2D eigenvalue weighted by Crippen LogP contribution is -2.48. The predicted octanol–water partition coefficient (Wildman–Crippen LogP) is 2.34. The third-order valence-electron chi connectivity index (χ3n) is 6.00. The van der Waals surface area contributed by atoms with Crippen molar-refractivity contribution in [3.05, 3.63) is 35.9 Å². The molecule has 0 saturated carbocycles. The van der Waals surface area contributed by atoms with Crippen LogP contribution in [0.2, 0.25) is 0 Å². The minimum absolute atomic E-state index is 0. The van der Waals surface area contributed by atoms with Crippen LogP contribution in [0.15, 0.2) is 35.3 Å². The van der Waals surface area contributed by atoms with Crippen molar-refractivity contribution in [2.24, 2.45) is 10.7 Å². The fraction of sp³-hybridized carbons (Fsp3) is 0.652. The lowest BCUT2D eigenvalue weighted by molar-refractivity contribution is 0.0963. The van der Waals surface area contributed by atoms with E-state index in [0.29, 0.717) is 25.7 Å². The highest BCUT2D eigenvalue weighted by Gasteiger charge is 2.23. The first-order valence-electron chi connectivity index (χ1n) is 11.6. The summed E-state index contributed by atoms with van der Waals surface area (Å²) in [4.78, 5) is 23.1. The zero-order valence-corrected chi connectivity index (χ0v) is 21.6. The Bertz CT molecular complexity index is 689. The van der Waals surface area contributed by atoms with Gasteiger partial charge in [-0.05, 0) is 31.7 Å². The van der Waals surface area contributed by atoms with Crippen LogP contribution in [0.25, 0.3) is 0 Å². The van der Waals surface area contributed by atoms with E-state index in [9.17, 15) is 4.79 Å². The molecule has 0 atom stereocenters. The molecule has 2 heterocycles. The SMILES string of the molecule is CCOC(=O)N1CCC(NC(N)=NCCCN2CCN(Cc3ccccc3)CC2)CC1.I. The van der Waals surface area contributed by atoms with Crippen LogP contribution in [-0.4, -0.2) is 91.8 Å². The number of carbonyl (C=O) groups excluding carboxylic acids is 1. The van der Waals surface area contributed by atoms with Crippen molar-refractivity contribution in [2.75, 3.05) is 59.0 Å². The quantitative estimate of drug-likeness (QED) is 0.221. The first-order chi connectivity index (χ1) is 15.1. The molecule has 32 heavy (non-hydrogen) atoms. The van der Waals surface area contributed by atoms with Crippen LogP contribution >= 0.6 is 24.0 Å². The van der Waals surface area contributed by atoms with Crippen molar-refractivity contribution in [1.29, 1.82) is 0 Å². The Balaban J connectivity index is 0.00000363. The van der Waals surface area contributed by atoms with Gasteiger partial charge in [0.25, 0.3) is 0 Å². The summed E-state index contributed by atoms with van der Waals surface area (Å²) < 4.78 is 5.06.